The first-order chi connectivity index (χ1) is 7.70. The van der Waals surface area contributed by atoms with Gasteiger partial charge in [-0.1, -0.05) is 33.6 Å². The minimum atomic E-state index is 0.0693. The molecular formula is C14H26O2. The predicted molar refractivity (Wildman–Crippen MR) is 68.1 cm³/mol. The molecule has 0 amide bonds. The van der Waals surface area contributed by atoms with E-state index >= 15 is 0 Å². The van der Waals surface area contributed by atoms with E-state index in [4.69, 9.17) is 9.47 Å². The molecule has 0 atom stereocenters. The van der Waals surface area contributed by atoms with Gasteiger partial charge in [-0.2, -0.15) is 0 Å². The second kappa shape index (κ2) is 8.61. The normalized spacial score (nSPS) is 29.2. The summed E-state index contributed by atoms with van der Waals surface area (Å²) in [4.78, 5) is 0. The van der Waals surface area contributed by atoms with Gasteiger partial charge in [0.15, 0.2) is 6.29 Å². The summed E-state index contributed by atoms with van der Waals surface area (Å²) in [5, 5.41) is 0. The van der Waals surface area contributed by atoms with Crippen molar-refractivity contribution in [3.05, 3.63) is 0 Å². The molecule has 0 saturated carbocycles. The molecule has 94 valence electrons. The van der Waals surface area contributed by atoms with E-state index in [0.717, 1.165) is 19.6 Å². The van der Waals surface area contributed by atoms with E-state index in [-0.39, 0.29) is 11.7 Å². The van der Waals surface area contributed by atoms with Crippen molar-refractivity contribution in [2.45, 2.75) is 59.2 Å². The van der Waals surface area contributed by atoms with Crippen LogP contribution < -0.4 is 0 Å². The maximum atomic E-state index is 5.73. The van der Waals surface area contributed by atoms with Crippen LogP contribution in [-0.2, 0) is 9.47 Å². The monoisotopic (exact) mass is 226 g/mol. The third kappa shape index (κ3) is 5.53. The van der Waals surface area contributed by atoms with Gasteiger partial charge in [0.25, 0.3) is 0 Å². The first-order valence-corrected chi connectivity index (χ1v) is 6.27. The molecule has 2 heteroatoms. The zero-order valence-corrected chi connectivity index (χ0v) is 11.0. The van der Waals surface area contributed by atoms with Crippen LogP contribution in [0.2, 0.25) is 0 Å². The van der Waals surface area contributed by atoms with Crippen molar-refractivity contribution in [3.8, 4) is 12.8 Å². The van der Waals surface area contributed by atoms with E-state index in [1.54, 1.807) is 0 Å². The lowest BCUT2D eigenvalue weighted by Gasteiger charge is -2.37. The van der Waals surface area contributed by atoms with Crippen LogP contribution in [0.5, 0.6) is 0 Å². The lowest BCUT2D eigenvalue weighted by Crippen LogP contribution is -2.39. The van der Waals surface area contributed by atoms with Gasteiger partial charge in [0.05, 0.1) is 13.2 Å². The SMILES string of the molecule is C#C.CCCCC1OCC(C)(CCC)CO1. The van der Waals surface area contributed by atoms with E-state index in [1.165, 1.54) is 25.7 Å². The average Bonchev–Trinajstić information content (AvgIpc) is 2.31. The van der Waals surface area contributed by atoms with E-state index in [9.17, 15) is 0 Å². The third-order valence-corrected chi connectivity index (χ3v) is 2.88. The standard InChI is InChI=1S/C12H24O2.C2H2/c1-4-6-7-11-13-9-12(3,8-5-2)10-14-11;1-2/h11H,4-10H2,1-3H3;1-2H. The highest BCUT2D eigenvalue weighted by atomic mass is 16.7. The van der Waals surface area contributed by atoms with Crippen LogP contribution in [0, 0.1) is 18.3 Å². The third-order valence-electron chi connectivity index (χ3n) is 2.88. The first-order valence-electron chi connectivity index (χ1n) is 6.27. The number of ether oxygens (including phenoxy) is 2. The Morgan fingerprint density at radius 1 is 1.12 bits per heavy atom. The molecule has 0 spiro atoms. The Balaban J connectivity index is 0.00000106. The summed E-state index contributed by atoms with van der Waals surface area (Å²) in [6.07, 6.45) is 14.0. The molecule has 0 bridgehead atoms. The van der Waals surface area contributed by atoms with Crippen LogP contribution in [0.15, 0.2) is 0 Å². The highest BCUT2D eigenvalue weighted by Gasteiger charge is 2.31. The van der Waals surface area contributed by atoms with Gasteiger partial charge in [0, 0.05) is 5.41 Å². The molecule has 2 nitrogen and oxygen atoms in total. The van der Waals surface area contributed by atoms with E-state index in [1.807, 2.05) is 0 Å². The number of hydrogen-bond donors (Lipinski definition) is 0. The van der Waals surface area contributed by atoms with Gasteiger partial charge < -0.3 is 9.47 Å². The summed E-state index contributed by atoms with van der Waals surface area (Å²) in [6.45, 7) is 8.41. The van der Waals surface area contributed by atoms with Crippen molar-refractivity contribution >= 4 is 0 Å². The summed E-state index contributed by atoms with van der Waals surface area (Å²) in [5.74, 6) is 0. The topological polar surface area (TPSA) is 18.5 Å². The molecule has 1 aliphatic heterocycles. The number of terminal acetylenes is 1. The molecule has 0 aromatic rings. The molecule has 0 radical (unpaired) electrons. The zero-order valence-electron chi connectivity index (χ0n) is 11.0. The minimum Gasteiger partial charge on any atom is -0.352 e. The second-order valence-corrected chi connectivity index (χ2v) is 4.75. The van der Waals surface area contributed by atoms with Crippen molar-refractivity contribution in [1.29, 1.82) is 0 Å². The minimum absolute atomic E-state index is 0.0693. The van der Waals surface area contributed by atoms with E-state index in [2.05, 4.69) is 33.6 Å². The molecule has 0 aromatic carbocycles. The van der Waals surface area contributed by atoms with Crippen LogP contribution in [0.4, 0.5) is 0 Å². The fourth-order valence-electron chi connectivity index (χ4n) is 1.96. The highest BCUT2D eigenvalue weighted by molar-refractivity contribution is 4.76. The van der Waals surface area contributed by atoms with Crippen LogP contribution in [0.3, 0.4) is 0 Å². The lowest BCUT2D eigenvalue weighted by atomic mass is 9.87. The fraction of sp³-hybridized carbons (Fsp3) is 0.857. The van der Waals surface area contributed by atoms with Crippen molar-refractivity contribution < 1.29 is 9.47 Å². The van der Waals surface area contributed by atoms with Gasteiger partial charge in [-0.15, -0.1) is 12.8 Å². The van der Waals surface area contributed by atoms with Gasteiger partial charge in [0.2, 0.25) is 0 Å². The average molecular weight is 226 g/mol. The molecule has 1 heterocycles. The van der Waals surface area contributed by atoms with E-state index in [0.29, 0.717) is 0 Å². The summed E-state index contributed by atoms with van der Waals surface area (Å²) < 4.78 is 11.5. The predicted octanol–water partition coefficient (Wildman–Crippen LogP) is 3.61. The zero-order chi connectivity index (χ0) is 12.4. The van der Waals surface area contributed by atoms with Gasteiger partial charge >= 0.3 is 0 Å². The molecule has 16 heavy (non-hydrogen) atoms. The van der Waals surface area contributed by atoms with Crippen LogP contribution in [0.25, 0.3) is 0 Å². The van der Waals surface area contributed by atoms with E-state index < -0.39 is 0 Å². The van der Waals surface area contributed by atoms with Crippen LogP contribution in [0.1, 0.15) is 52.9 Å². The Morgan fingerprint density at radius 3 is 2.12 bits per heavy atom. The number of hydrogen-bond acceptors (Lipinski definition) is 2. The van der Waals surface area contributed by atoms with Gasteiger partial charge in [-0.3, -0.25) is 0 Å². The van der Waals surface area contributed by atoms with Gasteiger partial charge in [0.1, 0.15) is 0 Å². The summed E-state index contributed by atoms with van der Waals surface area (Å²) in [7, 11) is 0. The summed E-state index contributed by atoms with van der Waals surface area (Å²) >= 11 is 0. The number of unbranched alkanes of at least 4 members (excludes halogenated alkanes) is 1. The van der Waals surface area contributed by atoms with Crippen LogP contribution in [-0.4, -0.2) is 19.5 Å². The highest BCUT2D eigenvalue weighted by Crippen LogP contribution is 2.30. The maximum absolute atomic E-state index is 5.73. The molecule has 1 fully saturated rings. The quantitative estimate of drug-likeness (QED) is 0.667. The molecule has 1 saturated heterocycles. The smallest absolute Gasteiger partial charge is 0.157 e. The fourth-order valence-corrected chi connectivity index (χ4v) is 1.96. The van der Waals surface area contributed by atoms with Crippen molar-refractivity contribution in [2.24, 2.45) is 5.41 Å². The molecule has 0 aliphatic carbocycles. The Morgan fingerprint density at radius 2 is 1.69 bits per heavy atom. The Hall–Kier alpha value is -0.520. The van der Waals surface area contributed by atoms with Gasteiger partial charge in [-0.05, 0) is 19.3 Å². The molecule has 0 N–H and O–H groups in total. The molecule has 1 aliphatic rings. The Labute approximate surface area is 101 Å². The first kappa shape index (κ1) is 15.5. The lowest BCUT2D eigenvalue weighted by molar-refractivity contribution is -0.229. The van der Waals surface area contributed by atoms with Gasteiger partial charge in [-0.25, -0.2) is 0 Å². The molecular weight excluding hydrogens is 200 g/mol. The van der Waals surface area contributed by atoms with Crippen molar-refractivity contribution in [2.75, 3.05) is 13.2 Å². The van der Waals surface area contributed by atoms with Crippen molar-refractivity contribution in [1.82, 2.24) is 0 Å². The molecule has 0 aromatic heterocycles. The Kier molecular flexibility index (Phi) is 8.33. The maximum Gasteiger partial charge on any atom is 0.157 e. The summed E-state index contributed by atoms with van der Waals surface area (Å²) in [5.41, 5.74) is 0.261. The largest absolute Gasteiger partial charge is 0.352 e. The Bertz CT molecular complexity index is 178. The van der Waals surface area contributed by atoms with Crippen LogP contribution >= 0.6 is 0 Å². The summed E-state index contributed by atoms with van der Waals surface area (Å²) in [6, 6.07) is 0. The molecule has 0 unspecified atom stereocenters. The number of rotatable bonds is 5. The second-order valence-electron chi connectivity index (χ2n) is 4.75. The van der Waals surface area contributed by atoms with Crippen molar-refractivity contribution in [3.63, 3.8) is 0 Å². The molecule has 1 rings (SSSR count).